The van der Waals surface area contributed by atoms with E-state index in [9.17, 15) is 0 Å². The van der Waals surface area contributed by atoms with E-state index in [1.165, 1.54) is 0 Å². The Kier molecular flexibility index (Phi) is 3.80. The molecule has 1 saturated heterocycles. The van der Waals surface area contributed by atoms with Gasteiger partial charge in [-0.3, -0.25) is 0 Å². The lowest BCUT2D eigenvalue weighted by molar-refractivity contribution is 0.114. The zero-order chi connectivity index (χ0) is 13.9. The van der Waals surface area contributed by atoms with Crippen LogP contribution in [-0.2, 0) is 4.74 Å². The van der Waals surface area contributed by atoms with Crippen molar-refractivity contribution in [3.8, 4) is 0 Å². The van der Waals surface area contributed by atoms with Crippen LogP contribution in [0.2, 0.25) is 0 Å². The molecule has 1 aromatic carbocycles. The molecule has 0 spiro atoms. The maximum absolute atomic E-state index is 5.88. The highest BCUT2D eigenvalue weighted by molar-refractivity contribution is 5.23. The van der Waals surface area contributed by atoms with Gasteiger partial charge in [0.15, 0.2) is 0 Å². The van der Waals surface area contributed by atoms with Gasteiger partial charge in [-0.05, 0) is 26.0 Å². The highest BCUT2D eigenvalue weighted by Gasteiger charge is 2.31. The number of nitrogens with zero attached hydrogens (tertiary/aromatic N) is 2. The van der Waals surface area contributed by atoms with Crippen LogP contribution in [-0.4, -0.2) is 30.0 Å². The van der Waals surface area contributed by atoms with Gasteiger partial charge >= 0.3 is 0 Å². The maximum Gasteiger partial charge on any atom is 0.237 e. The van der Waals surface area contributed by atoms with Gasteiger partial charge in [0.25, 0.3) is 0 Å². The van der Waals surface area contributed by atoms with E-state index in [1.807, 2.05) is 44.3 Å². The van der Waals surface area contributed by atoms with Gasteiger partial charge in [-0.2, -0.15) is 0 Å². The minimum Gasteiger partial charge on any atom is -0.423 e. The quantitative estimate of drug-likeness (QED) is 0.926. The molecule has 0 radical (unpaired) electrons. The van der Waals surface area contributed by atoms with Gasteiger partial charge < -0.3 is 14.5 Å². The SMILES string of the molecule is CNC(c1ccccc1)c1nnc(C2CCOC2C)o1. The summed E-state index contributed by atoms with van der Waals surface area (Å²) in [5.74, 6) is 1.50. The first-order valence-corrected chi connectivity index (χ1v) is 6.96. The van der Waals surface area contributed by atoms with Crippen molar-refractivity contribution in [3.05, 3.63) is 47.7 Å². The topological polar surface area (TPSA) is 60.2 Å². The van der Waals surface area contributed by atoms with E-state index in [-0.39, 0.29) is 18.1 Å². The van der Waals surface area contributed by atoms with E-state index in [4.69, 9.17) is 9.15 Å². The molecule has 5 heteroatoms. The Morgan fingerprint density at radius 1 is 1.25 bits per heavy atom. The van der Waals surface area contributed by atoms with Crippen molar-refractivity contribution in [2.45, 2.75) is 31.4 Å². The molecule has 3 atom stereocenters. The van der Waals surface area contributed by atoms with Crippen LogP contribution in [0.25, 0.3) is 0 Å². The number of benzene rings is 1. The molecular weight excluding hydrogens is 254 g/mol. The molecule has 1 aliphatic rings. The Balaban J connectivity index is 1.85. The molecule has 1 N–H and O–H groups in total. The molecule has 1 fully saturated rings. The lowest BCUT2D eigenvalue weighted by Crippen LogP contribution is -2.17. The van der Waals surface area contributed by atoms with Crippen LogP contribution in [0.5, 0.6) is 0 Å². The summed E-state index contributed by atoms with van der Waals surface area (Å²) < 4.78 is 11.4. The fraction of sp³-hybridized carbons (Fsp3) is 0.467. The third-order valence-electron chi connectivity index (χ3n) is 3.82. The largest absolute Gasteiger partial charge is 0.423 e. The van der Waals surface area contributed by atoms with Crippen molar-refractivity contribution in [2.75, 3.05) is 13.7 Å². The highest BCUT2D eigenvalue weighted by atomic mass is 16.5. The standard InChI is InChI=1S/C15H19N3O2/c1-10-12(8-9-19-10)14-17-18-15(20-14)13(16-2)11-6-4-3-5-7-11/h3-7,10,12-13,16H,8-9H2,1-2H3. The smallest absolute Gasteiger partial charge is 0.237 e. The molecule has 1 aromatic heterocycles. The minimum absolute atomic E-state index is 0.0740. The van der Waals surface area contributed by atoms with Crippen LogP contribution in [0.3, 0.4) is 0 Å². The van der Waals surface area contributed by atoms with Crippen molar-refractivity contribution >= 4 is 0 Å². The van der Waals surface area contributed by atoms with Gasteiger partial charge in [-0.25, -0.2) is 0 Å². The average molecular weight is 273 g/mol. The Hall–Kier alpha value is -1.72. The summed E-state index contributed by atoms with van der Waals surface area (Å²) in [4.78, 5) is 0. The van der Waals surface area contributed by atoms with Gasteiger partial charge in [0, 0.05) is 6.61 Å². The first kappa shape index (κ1) is 13.3. The summed E-state index contributed by atoms with van der Waals surface area (Å²) >= 11 is 0. The number of ether oxygens (including phenoxy) is 1. The average Bonchev–Trinajstić information content (AvgIpc) is 3.10. The number of hydrogen-bond donors (Lipinski definition) is 1. The third-order valence-corrected chi connectivity index (χ3v) is 3.82. The molecule has 2 aromatic rings. The molecule has 0 amide bonds. The van der Waals surface area contributed by atoms with Crippen molar-refractivity contribution < 1.29 is 9.15 Å². The zero-order valence-electron chi connectivity index (χ0n) is 11.7. The third kappa shape index (κ3) is 2.46. The minimum atomic E-state index is -0.0740. The van der Waals surface area contributed by atoms with Crippen LogP contribution >= 0.6 is 0 Å². The number of hydrogen-bond acceptors (Lipinski definition) is 5. The van der Waals surface area contributed by atoms with E-state index >= 15 is 0 Å². The van der Waals surface area contributed by atoms with Gasteiger partial charge in [0.05, 0.1) is 12.0 Å². The molecule has 106 valence electrons. The summed E-state index contributed by atoms with van der Waals surface area (Å²) in [6, 6.07) is 10.0. The van der Waals surface area contributed by atoms with Crippen LogP contribution in [0.1, 0.15) is 42.6 Å². The molecule has 2 heterocycles. The van der Waals surface area contributed by atoms with Crippen molar-refractivity contribution in [1.82, 2.24) is 15.5 Å². The molecule has 3 rings (SSSR count). The summed E-state index contributed by atoms with van der Waals surface area (Å²) in [6.07, 6.45) is 1.09. The summed E-state index contributed by atoms with van der Waals surface area (Å²) in [7, 11) is 1.89. The molecular formula is C15H19N3O2. The van der Waals surface area contributed by atoms with E-state index in [1.54, 1.807) is 0 Å². The van der Waals surface area contributed by atoms with Crippen LogP contribution in [0.4, 0.5) is 0 Å². The van der Waals surface area contributed by atoms with Gasteiger partial charge in [0.2, 0.25) is 11.8 Å². The van der Waals surface area contributed by atoms with E-state index in [2.05, 4.69) is 15.5 Å². The zero-order valence-corrected chi connectivity index (χ0v) is 11.7. The second-order valence-corrected chi connectivity index (χ2v) is 5.08. The molecule has 0 saturated carbocycles. The highest BCUT2D eigenvalue weighted by Crippen LogP contribution is 2.31. The molecule has 20 heavy (non-hydrogen) atoms. The van der Waals surface area contributed by atoms with Crippen LogP contribution < -0.4 is 5.32 Å². The molecule has 3 unspecified atom stereocenters. The molecule has 0 bridgehead atoms. The van der Waals surface area contributed by atoms with Gasteiger partial charge in [0.1, 0.15) is 6.04 Å². The number of nitrogens with one attached hydrogen (secondary N) is 1. The second-order valence-electron chi connectivity index (χ2n) is 5.08. The van der Waals surface area contributed by atoms with Crippen LogP contribution in [0, 0.1) is 0 Å². The maximum atomic E-state index is 5.88. The first-order chi connectivity index (χ1) is 9.79. The molecule has 0 aliphatic carbocycles. The normalized spacial score (nSPS) is 23.9. The molecule has 5 nitrogen and oxygen atoms in total. The summed E-state index contributed by atoms with van der Waals surface area (Å²) in [5.41, 5.74) is 1.11. The number of rotatable bonds is 4. The summed E-state index contributed by atoms with van der Waals surface area (Å²) in [5, 5.41) is 11.6. The lowest BCUT2D eigenvalue weighted by Gasteiger charge is -2.12. The predicted octanol–water partition coefficient (Wildman–Crippen LogP) is 2.27. The van der Waals surface area contributed by atoms with E-state index in [0.717, 1.165) is 18.6 Å². The fourth-order valence-corrected chi connectivity index (χ4v) is 2.65. The second kappa shape index (κ2) is 5.73. The monoisotopic (exact) mass is 273 g/mol. The van der Waals surface area contributed by atoms with Crippen LogP contribution in [0.15, 0.2) is 34.7 Å². The Bertz CT molecular complexity index is 555. The lowest BCUT2D eigenvalue weighted by atomic mass is 10.0. The van der Waals surface area contributed by atoms with Crippen molar-refractivity contribution in [2.24, 2.45) is 0 Å². The fourth-order valence-electron chi connectivity index (χ4n) is 2.65. The summed E-state index contributed by atoms with van der Waals surface area (Å²) in [6.45, 7) is 2.81. The van der Waals surface area contributed by atoms with Crippen molar-refractivity contribution in [1.29, 1.82) is 0 Å². The van der Waals surface area contributed by atoms with E-state index < -0.39 is 0 Å². The Morgan fingerprint density at radius 3 is 2.70 bits per heavy atom. The van der Waals surface area contributed by atoms with Crippen molar-refractivity contribution in [3.63, 3.8) is 0 Å². The Morgan fingerprint density at radius 2 is 2.05 bits per heavy atom. The number of aromatic nitrogens is 2. The molecule has 1 aliphatic heterocycles. The Labute approximate surface area is 118 Å². The van der Waals surface area contributed by atoms with Gasteiger partial charge in [-0.15, -0.1) is 10.2 Å². The first-order valence-electron chi connectivity index (χ1n) is 6.96. The van der Waals surface area contributed by atoms with E-state index in [0.29, 0.717) is 11.8 Å². The van der Waals surface area contributed by atoms with Gasteiger partial charge in [-0.1, -0.05) is 30.3 Å². The predicted molar refractivity (Wildman–Crippen MR) is 74.4 cm³/mol.